The minimum Gasteiger partial charge on any atom is -0.303 e. The summed E-state index contributed by atoms with van der Waals surface area (Å²) in [5, 5.41) is 0. The Bertz CT molecular complexity index is 106. The molecule has 1 aliphatic rings. The molecule has 1 rings (SSSR count). The summed E-state index contributed by atoms with van der Waals surface area (Å²) in [7, 11) is 0. The van der Waals surface area contributed by atoms with E-state index >= 15 is 0 Å². The van der Waals surface area contributed by atoms with E-state index in [0.717, 1.165) is 32.5 Å². The molecule has 0 atom stereocenters. The van der Waals surface area contributed by atoms with Gasteiger partial charge in [0.15, 0.2) is 0 Å². The van der Waals surface area contributed by atoms with Crippen molar-refractivity contribution in [2.75, 3.05) is 19.6 Å². The molecule has 1 fully saturated rings. The largest absolute Gasteiger partial charge is 0.303 e. The summed E-state index contributed by atoms with van der Waals surface area (Å²) in [6, 6.07) is 0. The van der Waals surface area contributed by atoms with Crippen LogP contribution in [0.2, 0.25) is 0 Å². The summed E-state index contributed by atoms with van der Waals surface area (Å²) in [6.07, 6.45) is 0.956. The molecular formula is C9H18FN. The zero-order chi connectivity index (χ0) is 8.27. The fraction of sp³-hybridized carbons (Fsp3) is 1.00. The van der Waals surface area contributed by atoms with Gasteiger partial charge in [-0.15, -0.1) is 0 Å². The van der Waals surface area contributed by atoms with Crippen molar-refractivity contribution in [2.45, 2.75) is 32.9 Å². The van der Waals surface area contributed by atoms with Crippen molar-refractivity contribution in [3.8, 4) is 0 Å². The Morgan fingerprint density at radius 2 is 1.91 bits per heavy atom. The maximum Gasteiger partial charge on any atom is 0.103 e. The third-order valence-electron chi connectivity index (χ3n) is 2.14. The topological polar surface area (TPSA) is 3.24 Å². The van der Waals surface area contributed by atoms with Gasteiger partial charge in [-0.3, -0.25) is 0 Å². The zero-order valence-corrected chi connectivity index (χ0v) is 7.52. The van der Waals surface area contributed by atoms with Crippen LogP contribution in [-0.4, -0.2) is 30.7 Å². The van der Waals surface area contributed by atoms with Crippen LogP contribution in [0, 0.1) is 5.92 Å². The van der Waals surface area contributed by atoms with Gasteiger partial charge in [0.2, 0.25) is 0 Å². The lowest BCUT2D eigenvalue weighted by atomic mass is 10.1. The maximum atomic E-state index is 12.7. The van der Waals surface area contributed by atoms with Gasteiger partial charge in [-0.25, -0.2) is 4.39 Å². The van der Waals surface area contributed by atoms with Crippen LogP contribution in [-0.2, 0) is 0 Å². The van der Waals surface area contributed by atoms with Crippen LogP contribution in [0.15, 0.2) is 0 Å². The summed E-state index contributed by atoms with van der Waals surface area (Å²) in [4.78, 5) is 2.36. The summed E-state index contributed by atoms with van der Waals surface area (Å²) in [5.74, 6) is 0.714. The summed E-state index contributed by atoms with van der Waals surface area (Å²) in [6.45, 7) is 7.47. The van der Waals surface area contributed by atoms with E-state index in [1.807, 2.05) is 0 Å². The summed E-state index contributed by atoms with van der Waals surface area (Å²) in [5.41, 5.74) is 0. The Balaban J connectivity index is 2.17. The molecule has 1 saturated heterocycles. The van der Waals surface area contributed by atoms with Gasteiger partial charge in [0.1, 0.15) is 6.17 Å². The van der Waals surface area contributed by atoms with Gasteiger partial charge in [-0.05, 0) is 18.8 Å². The van der Waals surface area contributed by atoms with Crippen LogP contribution in [0.4, 0.5) is 4.39 Å². The molecule has 0 radical (unpaired) electrons. The second-order valence-electron chi connectivity index (χ2n) is 3.87. The predicted octanol–water partition coefficient (Wildman–Crippen LogP) is 2.08. The van der Waals surface area contributed by atoms with Crippen LogP contribution in [0.5, 0.6) is 0 Å². The number of likely N-dealkylation sites (tertiary alicyclic amines) is 1. The predicted molar refractivity (Wildman–Crippen MR) is 45.4 cm³/mol. The molecule has 0 aliphatic carbocycles. The van der Waals surface area contributed by atoms with Crippen molar-refractivity contribution < 1.29 is 4.39 Å². The maximum absolute atomic E-state index is 12.7. The van der Waals surface area contributed by atoms with Gasteiger partial charge in [-0.2, -0.15) is 0 Å². The first-order chi connectivity index (χ1) is 5.18. The lowest BCUT2D eigenvalue weighted by molar-refractivity contribution is 0.139. The molecule has 2 heteroatoms. The Labute approximate surface area is 68.6 Å². The highest BCUT2D eigenvalue weighted by Crippen LogP contribution is 2.13. The Kier molecular flexibility index (Phi) is 3.31. The average molecular weight is 159 g/mol. The zero-order valence-electron chi connectivity index (χ0n) is 7.52. The highest BCUT2D eigenvalue weighted by molar-refractivity contribution is 4.71. The van der Waals surface area contributed by atoms with Crippen LogP contribution >= 0.6 is 0 Å². The Morgan fingerprint density at radius 1 is 1.36 bits per heavy atom. The lowest BCUT2D eigenvalue weighted by Gasteiger charge is -2.29. The van der Waals surface area contributed by atoms with Crippen LogP contribution in [0.1, 0.15) is 26.7 Å². The smallest absolute Gasteiger partial charge is 0.103 e. The minimum absolute atomic E-state index is 0.529. The normalized spacial score (nSPS) is 22.9. The number of halogens is 1. The highest BCUT2D eigenvalue weighted by Gasteiger charge is 2.18. The molecule has 0 unspecified atom stereocenters. The number of piperidine rings is 1. The molecule has 66 valence electrons. The molecule has 0 aromatic rings. The quantitative estimate of drug-likeness (QED) is 0.596. The van der Waals surface area contributed by atoms with Crippen molar-refractivity contribution in [3.63, 3.8) is 0 Å². The molecule has 1 aliphatic heterocycles. The Morgan fingerprint density at radius 3 is 2.36 bits per heavy atom. The monoisotopic (exact) mass is 159 g/mol. The van der Waals surface area contributed by atoms with Crippen molar-refractivity contribution in [1.82, 2.24) is 4.90 Å². The molecule has 11 heavy (non-hydrogen) atoms. The molecule has 0 N–H and O–H groups in total. The van der Waals surface area contributed by atoms with E-state index in [-0.39, 0.29) is 0 Å². The average Bonchev–Trinajstić information content (AvgIpc) is 1.93. The SMILES string of the molecule is CC(C)CN1CCC(F)CC1. The van der Waals surface area contributed by atoms with Crippen molar-refractivity contribution in [1.29, 1.82) is 0 Å². The molecule has 1 nitrogen and oxygen atoms in total. The molecule has 0 spiro atoms. The second kappa shape index (κ2) is 4.05. The van der Waals surface area contributed by atoms with Gasteiger partial charge in [0.05, 0.1) is 0 Å². The number of hydrogen-bond donors (Lipinski definition) is 0. The third-order valence-corrected chi connectivity index (χ3v) is 2.14. The molecule has 0 bridgehead atoms. The molecule has 0 amide bonds. The van der Waals surface area contributed by atoms with Crippen LogP contribution in [0.25, 0.3) is 0 Å². The second-order valence-corrected chi connectivity index (χ2v) is 3.87. The molecule has 0 aromatic heterocycles. The molecule has 1 heterocycles. The third kappa shape index (κ3) is 3.19. The molecular weight excluding hydrogens is 141 g/mol. The lowest BCUT2D eigenvalue weighted by Crippen LogP contribution is -2.36. The van der Waals surface area contributed by atoms with E-state index in [1.165, 1.54) is 0 Å². The highest BCUT2D eigenvalue weighted by atomic mass is 19.1. The van der Waals surface area contributed by atoms with Crippen LogP contribution < -0.4 is 0 Å². The first-order valence-electron chi connectivity index (χ1n) is 4.55. The number of nitrogens with zero attached hydrogens (tertiary/aromatic N) is 1. The van der Waals surface area contributed by atoms with E-state index < -0.39 is 6.17 Å². The van der Waals surface area contributed by atoms with E-state index in [1.54, 1.807) is 0 Å². The molecule has 0 aromatic carbocycles. The van der Waals surface area contributed by atoms with Crippen molar-refractivity contribution in [3.05, 3.63) is 0 Å². The fourth-order valence-electron chi connectivity index (χ4n) is 1.60. The van der Waals surface area contributed by atoms with Gasteiger partial charge >= 0.3 is 0 Å². The van der Waals surface area contributed by atoms with Gasteiger partial charge < -0.3 is 4.90 Å². The van der Waals surface area contributed by atoms with E-state index in [0.29, 0.717) is 5.92 Å². The standard InChI is InChI=1S/C9H18FN/c1-8(2)7-11-5-3-9(10)4-6-11/h8-9H,3-7H2,1-2H3. The minimum atomic E-state index is -0.529. The van der Waals surface area contributed by atoms with E-state index in [4.69, 9.17) is 0 Å². The van der Waals surface area contributed by atoms with Gasteiger partial charge in [0.25, 0.3) is 0 Å². The molecule has 0 saturated carbocycles. The van der Waals surface area contributed by atoms with Crippen LogP contribution in [0.3, 0.4) is 0 Å². The summed E-state index contributed by atoms with van der Waals surface area (Å²) >= 11 is 0. The van der Waals surface area contributed by atoms with Gasteiger partial charge in [-0.1, -0.05) is 13.8 Å². The fourth-order valence-corrected chi connectivity index (χ4v) is 1.60. The van der Waals surface area contributed by atoms with Crippen molar-refractivity contribution in [2.24, 2.45) is 5.92 Å². The number of hydrogen-bond acceptors (Lipinski definition) is 1. The van der Waals surface area contributed by atoms with E-state index in [2.05, 4.69) is 18.7 Å². The number of alkyl halides is 1. The number of rotatable bonds is 2. The Hall–Kier alpha value is -0.110. The van der Waals surface area contributed by atoms with Crippen molar-refractivity contribution >= 4 is 0 Å². The summed E-state index contributed by atoms with van der Waals surface area (Å²) < 4.78 is 12.7. The first kappa shape index (κ1) is 8.98. The van der Waals surface area contributed by atoms with E-state index in [9.17, 15) is 4.39 Å². The first-order valence-corrected chi connectivity index (χ1v) is 4.55. The van der Waals surface area contributed by atoms with Gasteiger partial charge in [0, 0.05) is 19.6 Å².